The molecule has 128 valence electrons. The van der Waals surface area contributed by atoms with E-state index >= 15 is 0 Å². The zero-order chi connectivity index (χ0) is 17.8. The van der Waals surface area contributed by atoms with Crippen LogP contribution in [0.2, 0.25) is 0 Å². The smallest absolute Gasteiger partial charge is 0.257 e. The summed E-state index contributed by atoms with van der Waals surface area (Å²) in [4.78, 5) is 12.8. The summed E-state index contributed by atoms with van der Waals surface area (Å²) in [5, 5.41) is 7.07. The highest BCUT2D eigenvalue weighted by molar-refractivity contribution is 6.00. The minimum atomic E-state index is -0.215. The lowest BCUT2D eigenvalue weighted by Crippen LogP contribution is -2.27. The molecular weight excluding hydrogens is 316 g/mol. The largest absolute Gasteiger partial charge is 0.497 e. The standard InChI is InChI=1S/C20H20N2O3/c1-13(16-10-7-11-17(12-16)24-3)21-20(23)18-14(2)25-22-19(18)15-8-5-4-6-9-15/h4-13H,1-3H3,(H,21,23). The maximum absolute atomic E-state index is 12.8. The number of hydrogen-bond acceptors (Lipinski definition) is 4. The number of aromatic nitrogens is 1. The second kappa shape index (κ2) is 7.21. The van der Waals surface area contributed by atoms with Crippen LogP contribution in [0.25, 0.3) is 11.3 Å². The van der Waals surface area contributed by atoms with Crippen molar-refractivity contribution in [2.45, 2.75) is 19.9 Å². The van der Waals surface area contributed by atoms with Gasteiger partial charge in [-0.25, -0.2) is 0 Å². The van der Waals surface area contributed by atoms with E-state index in [9.17, 15) is 4.79 Å². The molecule has 3 rings (SSSR count). The molecule has 5 nitrogen and oxygen atoms in total. The Labute approximate surface area is 146 Å². The van der Waals surface area contributed by atoms with E-state index in [0.717, 1.165) is 16.9 Å². The molecule has 1 heterocycles. The van der Waals surface area contributed by atoms with Gasteiger partial charge in [-0.3, -0.25) is 4.79 Å². The molecule has 0 aliphatic carbocycles. The summed E-state index contributed by atoms with van der Waals surface area (Å²) in [6.07, 6.45) is 0. The number of aryl methyl sites for hydroxylation is 1. The summed E-state index contributed by atoms with van der Waals surface area (Å²) in [5.74, 6) is 1.03. The molecule has 1 unspecified atom stereocenters. The van der Waals surface area contributed by atoms with Crippen LogP contribution < -0.4 is 10.1 Å². The average molecular weight is 336 g/mol. The number of ether oxygens (including phenoxy) is 1. The molecule has 25 heavy (non-hydrogen) atoms. The van der Waals surface area contributed by atoms with Crippen LogP contribution in [0.3, 0.4) is 0 Å². The lowest BCUT2D eigenvalue weighted by Gasteiger charge is -2.15. The van der Waals surface area contributed by atoms with E-state index in [4.69, 9.17) is 9.26 Å². The van der Waals surface area contributed by atoms with Gasteiger partial charge in [-0.15, -0.1) is 0 Å². The minimum absolute atomic E-state index is 0.180. The van der Waals surface area contributed by atoms with Crippen LogP contribution in [0.1, 0.15) is 34.6 Å². The van der Waals surface area contributed by atoms with E-state index in [1.807, 2.05) is 61.5 Å². The molecule has 0 saturated carbocycles. The summed E-state index contributed by atoms with van der Waals surface area (Å²) in [6, 6.07) is 17.0. The molecular formula is C20H20N2O3. The molecule has 1 aromatic heterocycles. The number of methoxy groups -OCH3 is 1. The first-order chi connectivity index (χ1) is 12.1. The van der Waals surface area contributed by atoms with Crippen molar-refractivity contribution in [1.82, 2.24) is 10.5 Å². The van der Waals surface area contributed by atoms with Crippen molar-refractivity contribution in [1.29, 1.82) is 0 Å². The lowest BCUT2D eigenvalue weighted by atomic mass is 10.0. The highest BCUT2D eigenvalue weighted by Crippen LogP contribution is 2.26. The van der Waals surface area contributed by atoms with Gasteiger partial charge in [0.05, 0.1) is 13.2 Å². The van der Waals surface area contributed by atoms with Gasteiger partial charge in [-0.05, 0) is 31.5 Å². The Morgan fingerprint density at radius 3 is 2.64 bits per heavy atom. The molecule has 0 bridgehead atoms. The van der Waals surface area contributed by atoms with Crippen molar-refractivity contribution in [3.05, 3.63) is 71.5 Å². The van der Waals surface area contributed by atoms with E-state index in [1.54, 1.807) is 14.0 Å². The molecule has 1 atom stereocenters. The van der Waals surface area contributed by atoms with Gasteiger partial charge in [0.2, 0.25) is 0 Å². The Kier molecular flexibility index (Phi) is 4.84. The Bertz CT molecular complexity index is 872. The third-order valence-electron chi connectivity index (χ3n) is 4.08. The van der Waals surface area contributed by atoms with Gasteiger partial charge in [-0.2, -0.15) is 0 Å². The first-order valence-electron chi connectivity index (χ1n) is 8.06. The molecule has 3 aromatic rings. The van der Waals surface area contributed by atoms with Crippen LogP contribution in [-0.4, -0.2) is 18.2 Å². The number of hydrogen-bond donors (Lipinski definition) is 1. The van der Waals surface area contributed by atoms with Gasteiger partial charge < -0.3 is 14.6 Å². The molecule has 0 radical (unpaired) electrons. The van der Waals surface area contributed by atoms with Crippen LogP contribution >= 0.6 is 0 Å². The fraction of sp³-hybridized carbons (Fsp3) is 0.200. The minimum Gasteiger partial charge on any atom is -0.497 e. The topological polar surface area (TPSA) is 64.4 Å². The maximum atomic E-state index is 12.8. The zero-order valence-corrected chi connectivity index (χ0v) is 14.4. The van der Waals surface area contributed by atoms with Gasteiger partial charge in [-0.1, -0.05) is 47.6 Å². The summed E-state index contributed by atoms with van der Waals surface area (Å²) < 4.78 is 10.5. The summed E-state index contributed by atoms with van der Waals surface area (Å²) in [7, 11) is 1.62. The highest BCUT2D eigenvalue weighted by Gasteiger charge is 2.23. The first-order valence-corrected chi connectivity index (χ1v) is 8.06. The van der Waals surface area contributed by atoms with Crippen LogP contribution in [-0.2, 0) is 0 Å². The molecule has 0 aliphatic rings. The number of carbonyl (C=O) groups excluding carboxylic acids is 1. The van der Waals surface area contributed by atoms with Crippen LogP contribution in [0.15, 0.2) is 59.1 Å². The number of nitrogens with one attached hydrogen (secondary N) is 1. The predicted octanol–water partition coefficient (Wildman–Crippen LogP) is 4.15. The summed E-state index contributed by atoms with van der Waals surface area (Å²) in [6.45, 7) is 3.67. The van der Waals surface area contributed by atoms with E-state index in [-0.39, 0.29) is 11.9 Å². The Hall–Kier alpha value is -3.08. The lowest BCUT2D eigenvalue weighted by molar-refractivity contribution is 0.0939. The second-order valence-corrected chi connectivity index (χ2v) is 5.80. The van der Waals surface area contributed by atoms with Crippen molar-refractivity contribution in [3.63, 3.8) is 0 Å². The monoisotopic (exact) mass is 336 g/mol. The van der Waals surface area contributed by atoms with E-state index in [2.05, 4.69) is 10.5 Å². The Morgan fingerprint density at radius 1 is 1.16 bits per heavy atom. The van der Waals surface area contributed by atoms with E-state index in [0.29, 0.717) is 17.0 Å². The number of rotatable bonds is 5. The molecule has 5 heteroatoms. The number of nitrogens with zero attached hydrogens (tertiary/aromatic N) is 1. The molecule has 1 amide bonds. The first kappa shape index (κ1) is 16.8. The number of carbonyl (C=O) groups is 1. The average Bonchev–Trinajstić information content (AvgIpc) is 3.04. The molecule has 0 spiro atoms. The SMILES string of the molecule is COc1cccc(C(C)NC(=O)c2c(-c3ccccc3)noc2C)c1. The van der Waals surface area contributed by atoms with Crippen molar-refractivity contribution in [3.8, 4) is 17.0 Å². The van der Waals surface area contributed by atoms with E-state index < -0.39 is 0 Å². The van der Waals surface area contributed by atoms with Crippen molar-refractivity contribution in [2.75, 3.05) is 7.11 Å². The van der Waals surface area contributed by atoms with Crippen LogP contribution in [0.5, 0.6) is 5.75 Å². The van der Waals surface area contributed by atoms with Gasteiger partial charge in [0, 0.05) is 5.56 Å². The third kappa shape index (κ3) is 3.55. The Balaban J connectivity index is 1.85. The quantitative estimate of drug-likeness (QED) is 0.760. The third-order valence-corrected chi connectivity index (χ3v) is 4.08. The van der Waals surface area contributed by atoms with Gasteiger partial charge in [0.25, 0.3) is 5.91 Å². The predicted molar refractivity (Wildman–Crippen MR) is 95.6 cm³/mol. The van der Waals surface area contributed by atoms with Gasteiger partial charge in [0.15, 0.2) is 0 Å². The normalized spacial score (nSPS) is 11.8. The molecule has 0 aliphatic heterocycles. The zero-order valence-electron chi connectivity index (χ0n) is 14.4. The molecule has 0 fully saturated rings. The fourth-order valence-corrected chi connectivity index (χ4v) is 2.70. The Morgan fingerprint density at radius 2 is 1.92 bits per heavy atom. The maximum Gasteiger partial charge on any atom is 0.257 e. The van der Waals surface area contributed by atoms with Gasteiger partial charge in [0.1, 0.15) is 22.8 Å². The highest BCUT2D eigenvalue weighted by atomic mass is 16.5. The van der Waals surface area contributed by atoms with E-state index in [1.165, 1.54) is 0 Å². The summed E-state index contributed by atoms with van der Waals surface area (Å²) >= 11 is 0. The van der Waals surface area contributed by atoms with Crippen molar-refractivity contribution >= 4 is 5.91 Å². The number of benzene rings is 2. The van der Waals surface area contributed by atoms with Gasteiger partial charge >= 0.3 is 0 Å². The molecule has 0 saturated heterocycles. The van der Waals surface area contributed by atoms with Crippen molar-refractivity contribution in [2.24, 2.45) is 0 Å². The molecule has 1 N–H and O–H groups in total. The van der Waals surface area contributed by atoms with Crippen LogP contribution in [0, 0.1) is 6.92 Å². The number of amides is 1. The fourth-order valence-electron chi connectivity index (χ4n) is 2.70. The van der Waals surface area contributed by atoms with Crippen molar-refractivity contribution < 1.29 is 14.1 Å². The van der Waals surface area contributed by atoms with Crippen LogP contribution in [0.4, 0.5) is 0 Å². The molecule has 2 aromatic carbocycles. The second-order valence-electron chi connectivity index (χ2n) is 5.80. The summed E-state index contributed by atoms with van der Waals surface area (Å²) in [5.41, 5.74) is 2.82.